The minimum Gasteiger partial charge on any atom is -0.396 e. The first-order chi connectivity index (χ1) is 12.6. The van der Waals surface area contributed by atoms with Crippen LogP contribution in [0.2, 0.25) is 0 Å². The summed E-state index contributed by atoms with van der Waals surface area (Å²) in [5.74, 6) is 6.14. The molecule has 0 radical (unpaired) electrons. The number of amides is 1. The third-order valence-electron chi connectivity index (χ3n) is 3.84. The molecule has 0 bridgehead atoms. The molecule has 3 rings (SSSR count). The Morgan fingerprint density at radius 1 is 1.35 bits per heavy atom. The summed E-state index contributed by atoms with van der Waals surface area (Å²) in [5, 5.41) is 5.91. The van der Waals surface area contributed by atoms with Crippen molar-refractivity contribution in [3.05, 3.63) is 48.0 Å². The normalized spacial score (nSPS) is 11.5. The van der Waals surface area contributed by atoms with Gasteiger partial charge in [-0.2, -0.15) is 0 Å². The van der Waals surface area contributed by atoms with Crippen LogP contribution in [-0.4, -0.2) is 33.9 Å². The van der Waals surface area contributed by atoms with Crippen LogP contribution in [0.5, 0.6) is 0 Å². The molecule has 0 unspecified atom stereocenters. The lowest BCUT2D eigenvalue weighted by atomic mass is 10.2. The number of nitrogens with zero attached hydrogens (tertiary/aromatic N) is 2. The molecule has 5 N–H and O–H groups in total. The number of carbonyl (C=O) groups is 1. The number of aromatic amines is 1. The Kier molecular flexibility index (Phi) is 5.04. The van der Waals surface area contributed by atoms with Gasteiger partial charge in [0.25, 0.3) is 5.91 Å². The van der Waals surface area contributed by atoms with Crippen molar-refractivity contribution in [2.24, 2.45) is 0 Å². The number of imidazole rings is 1. The van der Waals surface area contributed by atoms with E-state index >= 15 is 0 Å². The summed E-state index contributed by atoms with van der Waals surface area (Å²) >= 11 is 0. The summed E-state index contributed by atoms with van der Waals surface area (Å²) in [4.78, 5) is 23.7. The fourth-order valence-corrected chi connectivity index (χ4v) is 2.55. The average Bonchev–Trinajstić information content (AvgIpc) is 3.06. The summed E-state index contributed by atoms with van der Waals surface area (Å²) in [6.45, 7) is 1.89. The number of benzene rings is 1. The number of pyridine rings is 1. The predicted octanol–water partition coefficient (Wildman–Crippen LogP) is 2.14. The van der Waals surface area contributed by atoms with E-state index in [9.17, 15) is 4.79 Å². The highest BCUT2D eigenvalue weighted by atomic mass is 16.2. The Balaban J connectivity index is 1.63. The number of nitrogens with two attached hydrogens (primary N) is 1. The van der Waals surface area contributed by atoms with Crippen molar-refractivity contribution < 1.29 is 4.79 Å². The molecule has 3 aromatic rings. The number of rotatable bonds is 4. The van der Waals surface area contributed by atoms with E-state index in [4.69, 9.17) is 5.73 Å². The van der Waals surface area contributed by atoms with Crippen LogP contribution < -0.4 is 16.4 Å². The lowest BCUT2D eigenvalue weighted by molar-refractivity contribution is 0.0931. The molecule has 2 aromatic heterocycles. The average molecular weight is 348 g/mol. The maximum atomic E-state index is 12.3. The number of nitrogen functional groups attached to an aromatic ring is 1. The van der Waals surface area contributed by atoms with Crippen LogP contribution >= 0.6 is 0 Å². The summed E-state index contributed by atoms with van der Waals surface area (Å²) in [6.07, 6.45) is 3.73. The van der Waals surface area contributed by atoms with E-state index in [0.29, 0.717) is 17.9 Å². The van der Waals surface area contributed by atoms with Crippen molar-refractivity contribution in [1.82, 2.24) is 20.3 Å². The molecule has 0 fully saturated rings. The zero-order valence-electron chi connectivity index (χ0n) is 14.6. The van der Waals surface area contributed by atoms with Gasteiger partial charge in [-0.05, 0) is 19.1 Å². The molecular weight excluding hydrogens is 328 g/mol. The Bertz CT molecular complexity index is 965. The maximum absolute atomic E-state index is 12.3. The van der Waals surface area contributed by atoms with E-state index < -0.39 is 0 Å². The van der Waals surface area contributed by atoms with Crippen LogP contribution in [0.25, 0.3) is 11.0 Å². The van der Waals surface area contributed by atoms with Crippen LogP contribution in [-0.2, 0) is 0 Å². The van der Waals surface area contributed by atoms with E-state index in [-0.39, 0.29) is 11.9 Å². The first kappa shape index (κ1) is 17.3. The molecule has 0 aliphatic heterocycles. The van der Waals surface area contributed by atoms with Crippen LogP contribution in [0.1, 0.15) is 29.5 Å². The van der Waals surface area contributed by atoms with Gasteiger partial charge in [-0.1, -0.05) is 24.0 Å². The molecule has 0 saturated heterocycles. The summed E-state index contributed by atoms with van der Waals surface area (Å²) in [5.41, 5.74) is 9.49. The Hall–Kier alpha value is -3.53. The van der Waals surface area contributed by atoms with Crippen LogP contribution in [0.15, 0.2) is 36.7 Å². The third kappa shape index (κ3) is 3.75. The summed E-state index contributed by atoms with van der Waals surface area (Å²) in [7, 11) is 1.78. The number of anilines is 2. The number of carbonyl (C=O) groups excluding carboxylic acids is 1. The van der Waals surface area contributed by atoms with Crippen LogP contribution in [0.3, 0.4) is 0 Å². The summed E-state index contributed by atoms with van der Waals surface area (Å²) in [6, 6.07) is 7.39. The second-order valence-corrected chi connectivity index (χ2v) is 5.88. The molecule has 1 atom stereocenters. The number of aromatic nitrogens is 3. The number of fused-ring (bicyclic) bond motifs is 1. The Morgan fingerprint density at radius 2 is 2.15 bits per heavy atom. The molecule has 7 nitrogen and oxygen atoms in total. The molecule has 0 aliphatic carbocycles. The molecular formula is C19H20N6O. The second-order valence-electron chi connectivity index (χ2n) is 5.88. The van der Waals surface area contributed by atoms with Gasteiger partial charge in [0.15, 0.2) is 5.82 Å². The highest BCUT2D eigenvalue weighted by Gasteiger charge is 2.13. The van der Waals surface area contributed by atoms with Crippen molar-refractivity contribution in [3.63, 3.8) is 0 Å². The monoisotopic (exact) mass is 348 g/mol. The first-order valence-corrected chi connectivity index (χ1v) is 8.24. The zero-order chi connectivity index (χ0) is 18.5. The van der Waals surface area contributed by atoms with E-state index in [1.807, 2.05) is 31.2 Å². The molecule has 1 aromatic carbocycles. The van der Waals surface area contributed by atoms with Crippen molar-refractivity contribution in [3.8, 4) is 11.8 Å². The van der Waals surface area contributed by atoms with Gasteiger partial charge in [-0.3, -0.25) is 9.78 Å². The smallest absolute Gasteiger partial charge is 0.287 e. The highest BCUT2D eigenvalue weighted by Crippen LogP contribution is 2.20. The van der Waals surface area contributed by atoms with Gasteiger partial charge in [0.05, 0.1) is 34.2 Å². The highest BCUT2D eigenvalue weighted by molar-refractivity contribution is 5.94. The van der Waals surface area contributed by atoms with Gasteiger partial charge >= 0.3 is 0 Å². The lowest BCUT2D eigenvalue weighted by Gasteiger charge is -2.09. The van der Waals surface area contributed by atoms with Gasteiger partial charge in [0.1, 0.15) is 0 Å². The number of H-pyrrole nitrogens is 1. The fraction of sp³-hybridized carbons (Fsp3) is 0.211. The molecule has 1 amide bonds. The largest absolute Gasteiger partial charge is 0.396 e. The molecule has 132 valence electrons. The number of hydrogen-bond donors (Lipinski definition) is 4. The zero-order valence-corrected chi connectivity index (χ0v) is 14.6. The standard InChI is InChI=1S/C19H20N6O/c1-12(6-5-7-13-10-22-11-14(20)17(13)21-2)23-19(26)18-24-15-8-3-4-9-16(15)25-18/h3-4,8-12H,6,20H2,1-2H3,(H,21,22)(H,23,26)(H,24,25)/t12-/m0/s1. The fourth-order valence-electron chi connectivity index (χ4n) is 2.55. The second kappa shape index (κ2) is 7.57. The summed E-state index contributed by atoms with van der Waals surface area (Å²) < 4.78 is 0. The maximum Gasteiger partial charge on any atom is 0.287 e. The van der Waals surface area contributed by atoms with Crippen molar-refractivity contribution >= 4 is 28.3 Å². The SMILES string of the molecule is CNc1c(N)cncc1C#CC[C@H](C)NC(=O)c1nc2ccccc2[nH]1. The van der Waals surface area contributed by atoms with E-state index in [1.165, 1.54) is 0 Å². The third-order valence-corrected chi connectivity index (χ3v) is 3.84. The van der Waals surface area contributed by atoms with Crippen molar-refractivity contribution in [2.45, 2.75) is 19.4 Å². The van der Waals surface area contributed by atoms with Gasteiger partial charge in [0.2, 0.25) is 0 Å². The Morgan fingerprint density at radius 3 is 2.92 bits per heavy atom. The van der Waals surface area contributed by atoms with E-state index in [0.717, 1.165) is 22.3 Å². The van der Waals surface area contributed by atoms with Crippen molar-refractivity contribution in [2.75, 3.05) is 18.1 Å². The topological polar surface area (TPSA) is 109 Å². The number of nitrogens with one attached hydrogen (secondary N) is 3. The Labute approximate surface area is 151 Å². The molecule has 26 heavy (non-hydrogen) atoms. The number of hydrogen-bond acceptors (Lipinski definition) is 5. The van der Waals surface area contributed by atoms with E-state index in [2.05, 4.69) is 37.4 Å². The molecule has 0 aliphatic rings. The van der Waals surface area contributed by atoms with Gasteiger partial charge in [0, 0.05) is 25.7 Å². The molecule has 2 heterocycles. The molecule has 0 saturated carbocycles. The minimum atomic E-state index is -0.253. The van der Waals surface area contributed by atoms with Gasteiger partial charge in [-0.25, -0.2) is 4.98 Å². The lowest BCUT2D eigenvalue weighted by Crippen LogP contribution is -2.32. The quantitative estimate of drug-likeness (QED) is 0.540. The van der Waals surface area contributed by atoms with Crippen LogP contribution in [0.4, 0.5) is 11.4 Å². The van der Waals surface area contributed by atoms with Gasteiger partial charge < -0.3 is 21.4 Å². The van der Waals surface area contributed by atoms with Crippen LogP contribution in [0, 0.1) is 11.8 Å². The first-order valence-electron chi connectivity index (χ1n) is 8.24. The molecule has 0 spiro atoms. The minimum absolute atomic E-state index is 0.129. The van der Waals surface area contributed by atoms with E-state index in [1.54, 1.807) is 19.4 Å². The van der Waals surface area contributed by atoms with Crippen molar-refractivity contribution in [1.29, 1.82) is 0 Å². The molecule has 7 heteroatoms. The van der Waals surface area contributed by atoms with Gasteiger partial charge in [-0.15, -0.1) is 0 Å². The predicted molar refractivity (Wildman–Crippen MR) is 103 cm³/mol. The number of para-hydroxylation sites is 2.